The lowest BCUT2D eigenvalue weighted by Crippen LogP contribution is -2.50. The average molecular weight is 562 g/mol. The third-order valence-corrected chi connectivity index (χ3v) is 9.15. The molecule has 2 aliphatic rings. The second-order valence-electron chi connectivity index (χ2n) is 9.62. The lowest BCUT2D eigenvalue weighted by molar-refractivity contribution is -0.123. The SMILES string of the molecule is Cc1cc([C@@](C)(O)C#Cc2sc3c(c2C)SC[C@H](NC(=O)C2=NN=C(Cc4ccccc4)C2)C(=O)N3C)no1. The fraction of sp³-hybridized carbons (Fsp3) is 0.321. The van der Waals surface area contributed by atoms with Gasteiger partial charge in [0, 0.05) is 36.6 Å². The molecule has 2 amide bonds. The van der Waals surface area contributed by atoms with Crippen LogP contribution in [0.3, 0.4) is 0 Å². The van der Waals surface area contributed by atoms with Gasteiger partial charge in [-0.1, -0.05) is 47.3 Å². The number of nitrogens with zero attached hydrogens (tertiary/aromatic N) is 4. The van der Waals surface area contributed by atoms with Crippen molar-refractivity contribution in [3.63, 3.8) is 0 Å². The number of anilines is 1. The number of rotatable bonds is 5. The van der Waals surface area contributed by atoms with Crippen LogP contribution in [0.15, 0.2) is 56.0 Å². The van der Waals surface area contributed by atoms with Crippen molar-refractivity contribution in [2.24, 2.45) is 10.2 Å². The first-order chi connectivity index (χ1) is 18.6. The number of hydrogen-bond donors (Lipinski definition) is 2. The van der Waals surface area contributed by atoms with E-state index in [0.29, 0.717) is 35.8 Å². The van der Waals surface area contributed by atoms with Gasteiger partial charge in [-0.3, -0.25) is 9.59 Å². The molecule has 5 rings (SSSR count). The largest absolute Gasteiger partial charge is 0.372 e. The smallest absolute Gasteiger partial charge is 0.268 e. The van der Waals surface area contributed by atoms with Gasteiger partial charge in [0.25, 0.3) is 11.8 Å². The molecule has 0 radical (unpaired) electrons. The van der Waals surface area contributed by atoms with Gasteiger partial charge in [-0.05, 0) is 31.9 Å². The highest BCUT2D eigenvalue weighted by molar-refractivity contribution is 7.99. The maximum absolute atomic E-state index is 13.3. The van der Waals surface area contributed by atoms with E-state index >= 15 is 0 Å². The summed E-state index contributed by atoms with van der Waals surface area (Å²) in [6.07, 6.45) is 0.983. The fourth-order valence-corrected chi connectivity index (χ4v) is 6.73. The van der Waals surface area contributed by atoms with Gasteiger partial charge < -0.3 is 19.8 Å². The highest BCUT2D eigenvalue weighted by Crippen LogP contribution is 2.44. The monoisotopic (exact) mass is 561 g/mol. The van der Waals surface area contributed by atoms with Crippen LogP contribution in [0.4, 0.5) is 5.00 Å². The van der Waals surface area contributed by atoms with Gasteiger partial charge >= 0.3 is 0 Å². The van der Waals surface area contributed by atoms with Gasteiger partial charge in [0.1, 0.15) is 28.2 Å². The average Bonchev–Trinajstić information content (AvgIpc) is 3.63. The Balaban J connectivity index is 1.25. The molecule has 2 atom stereocenters. The van der Waals surface area contributed by atoms with Gasteiger partial charge in [-0.2, -0.15) is 5.10 Å². The summed E-state index contributed by atoms with van der Waals surface area (Å²) in [6, 6.07) is 10.8. The van der Waals surface area contributed by atoms with E-state index in [2.05, 4.69) is 32.5 Å². The van der Waals surface area contributed by atoms with Crippen molar-refractivity contribution >= 4 is 51.3 Å². The second-order valence-corrected chi connectivity index (χ2v) is 11.7. The van der Waals surface area contributed by atoms with Crippen molar-refractivity contribution in [1.29, 1.82) is 0 Å². The molecule has 9 nitrogen and oxygen atoms in total. The van der Waals surface area contributed by atoms with Crippen molar-refractivity contribution in [3.8, 4) is 11.8 Å². The molecule has 4 heterocycles. The van der Waals surface area contributed by atoms with Crippen LogP contribution in [0.5, 0.6) is 0 Å². The van der Waals surface area contributed by atoms with Crippen LogP contribution in [0, 0.1) is 25.7 Å². The number of amides is 2. The Labute approximate surface area is 234 Å². The molecule has 1 aromatic carbocycles. The second kappa shape index (κ2) is 10.8. The van der Waals surface area contributed by atoms with E-state index in [4.69, 9.17) is 4.52 Å². The zero-order valence-electron chi connectivity index (χ0n) is 21.9. The van der Waals surface area contributed by atoms with Crippen LogP contribution in [-0.2, 0) is 21.6 Å². The van der Waals surface area contributed by atoms with Crippen LogP contribution in [0.25, 0.3) is 0 Å². The summed E-state index contributed by atoms with van der Waals surface area (Å²) in [4.78, 5) is 29.5. The van der Waals surface area contributed by atoms with Crippen molar-refractivity contribution in [1.82, 2.24) is 10.5 Å². The minimum atomic E-state index is -1.48. The first kappa shape index (κ1) is 26.9. The van der Waals surface area contributed by atoms with Crippen LogP contribution < -0.4 is 10.2 Å². The van der Waals surface area contributed by atoms with Crippen LogP contribution in [-0.4, -0.2) is 52.3 Å². The molecule has 0 aliphatic carbocycles. The van der Waals surface area contributed by atoms with E-state index in [1.165, 1.54) is 23.1 Å². The standard InChI is InChI=1S/C28H27N5O4S2/c1-16-12-23(32-37-16)28(3,36)11-10-22-17(2)24-27(39-22)33(4)26(35)21(15-38-24)29-25(34)20-14-19(30-31-20)13-18-8-6-5-7-9-18/h5-9,12,21,36H,13-15H2,1-4H3,(H,29,34)/t21-,28-/m0/s1. The Bertz CT molecular complexity index is 1560. The van der Waals surface area contributed by atoms with E-state index in [0.717, 1.165) is 31.6 Å². The van der Waals surface area contributed by atoms with E-state index in [9.17, 15) is 14.7 Å². The number of hydrogen-bond acceptors (Lipinski definition) is 9. The Kier molecular flexibility index (Phi) is 7.44. The number of carbonyl (C=O) groups is 2. The number of nitrogens with one attached hydrogen (secondary N) is 1. The van der Waals surface area contributed by atoms with Crippen LogP contribution in [0.2, 0.25) is 0 Å². The molecular weight excluding hydrogens is 534 g/mol. The Morgan fingerprint density at radius 1 is 1.28 bits per heavy atom. The zero-order valence-corrected chi connectivity index (χ0v) is 23.6. The molecular formula is C28H27N5O4S2. The topological polar surface area (TPSA) is 120 Å². The Morgan fingerprint density at radius 2 is 2.05 bits per heavy atom. The summed E-state index contributed by atoms with van der Waals surface area (Å²) < 4.78 is 5.07. The first-order valence-corrected chi connectivity index (χ1v) is 14.1. The number of likely N-dealkylation sites (N-methyl/N-ethyl adjacent to an activating group) is 1. The lowest BCUT2D eigenvalue weighted by Gasteiger charge is -2.20. The summed E-state index contributed by atoms with van der Waals surface area (Å²) in [7, 11) is 1.70. The van der Waals surface area contributed by atoms with Gasteiger partial charge in [0.2, 0.25) is 0 Å². The van der Waals surface area contributed by atoms with E-state index in [1.807, 2.05) is 37.3 Å². The number of aryl methyl sites for hydroxylation is 1. The van der Waals surface area contributed by atoms with Crippen molar-refractivity contribution < 1.29 is 19.2 Å². The number of benzene rings is 1. The van der Waals surface area contributed by atoms with Gasteiger partial charge in [0.15, 0.2) is 5.60 Å². The number of fused-ring (bicyclic) bond motifs is 1. The summed E-state index contributed by atoms with van der Waals surface area (Å²) in [5.41, 5.74) is 2.01. The van der Waals surface area contributed by atoms with Gasteiger partial charge in [-0.25, -0.2) is 0 Å². The molecule has 39 heavy (non-hydrogen) atoms. The summed E-state index contributed by atoms with van der Waals surface area (Å²) in [6.45, 7) is 5.25. The quantitative estimate of drug-likeness (QED) is 0.459. The molecule has 200 valence electrons. The lowest BCUT2D eigenvalue weighted by atomic mass is 10.0. The van der Waals surface area contributed by atoms with Crippen molar-refractivity contribution in [3.05, 3.63) is 63.9 Å². The third-order valence-electron chi connectivity index (χ3n) is 6.45. The molecule has 2 aliphatic heterocycles. The van der Waals surface area contributed by atoms with Gasteiger partial charge in [0.05, 0.1) is 10.6 Å². The summed E-state index contributed by atoms with van der Waals surface area (Å²) >= 11 is 2.88. The van der Waals surface area contributed by atoms with Gasteiger partial charge in [-0.15, -0.1) is 28.2 Å². The minimum Gasteiger partial charge on any atom is -0.372 e. The molecule has 2 N–H and O–H groups in total. The van der Waals surface area contributed by atoms with Crippen LogP contribution in [0.1, 0.15) is 40.8 Å². The highest BCUT2D eigenvalue weighted by atomic mass is 32.2. The molecule has 0 saturated carbocycles. The molecule has 2 aromatic heterocycles. The van der Waals surface area contributed by atoms with E-state index in [1.54, 1.807) is 31.9 Å². The molecule has 0 fully saturated rings. The molecule has 0 bridgehead atoms. The molecule has 11 heteroatoms. The Morgan fingerprint density at radius 3 is 2.77 bits per heavy atom. The molecule has 3 aromatic rings. The molecule has 0 unspecified atom stereocenters. The number of thioether (sulfide) groups is 1. The number of aromatic nitrogens is 1. The summed E-state index contributed by atoms with van der Waals surface area (Å²) in [5, 5.41) is 26.5. The molecule has 0 saturated heterocycles. The highest BCUT2D eigenvalue weighted by Gasteiger charge is 2.34. The van der Waals surface area contributed by atoms with E-state index in [-0.39, 0.29) is 11.8 Å². The predicted molar refractivity (Wildman–Crippen MR) is 152 cm³/mol. The number of aliphatic hydroxyl groups is 1. The zero-order chi connectivity index (χ0) is 27.7. The van der Waals surface area contributed by atoms with Crippen LogP contribution >= 0.6 is 23.1 Å². The fourth-order valence-electron chi connectivity index (χ4n) is 4.20. The molecule has 0 spiro atoms. The first-order valence-electron chi connectivity index (χ1n) is 12.3. The third kappa shape index (κ3) is 5.68. The summed E-state index contributed by atoms with van der Waals surface area (Å²) in [5.74, 6) is 6.30. The normalized spacial score (nSPS) is 18.3. The maximum atomic E-state index is 13.3. The Hall–Kier alpha value is -3.72. The predicted octanol–water partition coefficient (Wildman–Crippen LogP) is 3.61. The van der Waals surface area contributed by atoms with Crippen molar-refractivity contribution in [2.45, 2.75) is 50.2 Å². The van der Waals surface area contributed by atoms with Crippen molar-refractivity contribution in [2.75, 3.05) is 17.7 Å². The number of carbonyl (C=O) groups excluding carboxylic acids is 2. The van der Waals surface area contributed by atoms with E-state index < -0.39 is 11.6 Å². The minimum absolute atomic E-state index is 0.218. The maximum Gasteiger partial charge on any atom is 0.268 e. The number of thiophene rings is 1.